The van der Waals surface area contributed by atoms with E-state index in [4.69, 9.17) is 4.74 Å². The van der Waals surface area contributed by atoms with E-state index in [2.05, 4.69) is 0 Å². The van der Waals surface area contributed by atoms with Crippen molar-refractivity contribution in [1.29, 1.82) is 0 Å². The van der Waals surface area contributed by atoms with E-state index in [1.54, 1.807) is 34.1 Å². The molecule has 2 aliphatic rings. The number of halogens is 1. The van der Waals surface area contributed by atoms with Crippen LogP contribution in [0.2, 0.25) is 0 Å². The number of ketones is 1. The van der Waals surface area contributed by atoms with Crippen molar-refractivity contribution in [2.75, 3.05) is 19.7 Å². The lowest BCUT2D eigenvalue weighted by atomic mass is 9.89. The summed E-state index contributed by atoms with van der Waals surface area (Å²) < 4.78 is 19.0. The highest BCUT2D eigenvalue weighted by Crippen LogP contribution is 2.50. The van der Waals surface area contributed by atoms with Crippen LogP contribution in [0.4, 0.5) is 4.39 Å². The number of rotatable bonds is 5. The SMILES string of the molecule is CC(=O)COc1ccc(C23c4ccccc4C(=O)N2CCN3C(=O)c2ccc(F)cc2)cc1. The largest absolute Gasteiger partial charge is 0.486 e. The topological polar surface area (TPSA) is 66.9 Å². The second-order valence-electron chi connectivity index (χ2n) is 8.15. The lowest BCUT2D eigenvalue weighted by molar-refractivity contribution is -0.118. The Kier molecular flexibility index (Phi) is 4.96. The Balaban J connectivity index is 1.64. The van der Waals surface area contributed by atoms with Gasteiger partial charge in [-0.15, -0.1) is 0 Å². The van der Waals surface area contributed by atoms with E-state index >= 15 is 0 Å². The summed E-state index contributed by atoms with van der Waals surface area (Å²) in [5, 5.41) is 0. The van der Waals surface area contributed by atoms with Gasteiger partial charge < -0.3 is 14.5 Å². The molecule has 7 heteroatoms. The van der Waals surface area contributed by atoms with Crippen molar-refractivity contribution in [2.24, 2.45) is 0 Å². The fourth-order valence-corrected chi connectivity index (χ4v) is 4.76. The molecule has 0 aromatic heterocycles. The number of fused-ring (bicyclic) bond motifs is 3. The standard InChI is InChI=1S/C26H21FN2O4/c1-17(30)16-33-21-12-8-19(9-13-21)26-23-5-3-2-4-22(23)25(32)29(26)15-14-28(26)24(31)18-6-10-20(27)11-7-18/h2-13H,14-16H2,1H3. The third-order valence-electron chi connectivity index (χ3n) is 6.14. The minimum Gasteiger partial charge on any atom is -0.486 e. The zero-order valence-corrected chi connectivity index (χ0v) is 18.0. The molecule has 1 unspecified atom stereocenters. The zero-order valence-electron chi connectivity index (χ0n) is 18.0. The predicted molar refractivity (Wildman–Crippen MR) is 118 cm³/mol. The lowest BCUT2D eigenvalue weighted by Crippen LogP contribution is -2.51. The van der Waals surface area contributed by atoms with Crippen molar-refractivity contribution in [1.82, 2.24) is 9.80 Å². The first-order valence-corrected chi connectivity index (χ1v) is 10.6. The first-order chi connectivity index (χ1) is 15.9. The van der Waals surface area contributed by atoms with Gasteiger partial charge in [-0.2, -0.15) is 0 Å². The highest BCUT2D eigenvalue weighted by atomic mass is 19.1. The second kappa shape index (κ2) is 7.85. The molecule has 0 saturated carbocycles. The summed E-state index contributed by atoms with van der Waals surface area (Å²) in [6.45, 7) is 2.11. The van der Waals surface area contributed by atoms with Crippen LogP contribution in [0.15, 0.2) is 72.8 Å². The van der Waals surface area contributed by atoms with E-state index in [1.807, 2.05) is 24.3 Å². The van der Waals surface area contributed by atoms with Gasteiger partial charge in [0.1, 0.15) is 18.2 Å². The second-order valence-corrected chi connectivity index (χ2v) is 8.15. The van der Waals surface area contributed by atoms with E-state index in [-0.39, 0.29) is 24.2 Å². The molecule has 0 bridgehead atoms. The fraction of sp³-hybridized carbons (Fsp3) is 0.192. The Labute approximate surface area is 190 Å². The number of carbonyl (C=O) groups is 3. The van der Waals surface area contributed by atoms with E-state index in [9.17, 15) is 18.8 Å². The molecule has 33 heavy (non-hydrogen) atoms. The van der Waals surface area contributed by atoms with E-state index in [0.717, 1.165) is 11.1 Å². The number of hydrogen-bond donors (Lipinski definition) is 0. The van der Waals surface area contributed by atoms with Crippen molar-refractivity contribution in [3.8, 4) is 5.75 Å². The smallest absolute Gasteiger partial charge is 0.256 e. The number of carbonyl (C=O) groups excluding carboxylic acids is 3. The molecular weight excluding hydrogens is 423 g/mol. The van der Waals surface area contributed by atoms with Gasteiger partial charge in [-0.3, -0.25) is 14.4 Å². The van der Waals surface area contributed by atoms with Gasteiger partial charge in [0, 0.05) is 35.3 Å². The van der Waals surface area contributed by atoms with Gasteiger partial charge in [0.2, 0.25) is 0 Å². The summed E-state index contributed by atoms with van der Waals surface area (Å²) in [5.41, 5.74) is 1.21. The number of Topliss-reactive ketones (excluding diaryl/α,β-unsaturated/α-hetero) is 1. The van der Waals surface area contributed by atoms with Gasteiger partial charge >= 0.3 is 0 Å². The van der Waals surface area contributed by atoms with Crippen LogP contribution in [0.3, 0.4) is 0 Å². The zero-order chi connectivity index (χ0) is 23.2. The minimum atomic E-state index is -1.13. The number of amides is 2. The van der Waals surface area contributed by atoms with Crippen LogP contribution in [0.5, 0.6) is 5.75 Å². The third-order valence-corrected chi connectivity index (χ3v) is 6.14. The summed E-state index contributed by atoms with van der Waals surface area (Å²) >= 11 is 0. The molecular formula is C26H21FN2O4. The minimum absolute atomic E-state index is 0.0346. The third kappa shape index (κ3) is 3.19. The van der Waals surface area contributed by atoms with E-state index in [0.29, 0.717) is 30.0 Å². The molecule has 1 fully saturated rings. The highest BCUT2D eigenvalue weighted by Gasteiger charge is 2.59. The molecule has 3 aromatic carbocycles. The molecule has 3 aromatic rings. The Hall–Kier alpha value is -4.00. The molecule has 6 nitrogen and oxygen atoms in total. The fourth-order valence-electron chi connectivity index (χ4n) is 4.76. The molecule has 166 valence electrons. The summed E-state index contributed by atoms with van der Waals surface area (Å²) in [7, 11) is 0. The van der Waals surface area contributed by atoms with Crippen LogP contribution >= 0.6 is 0 Å². The van der Waals surface area contributed by atoms with Crippen LogP contribution in [-0.4, -0.2) is 47.1 Å². The molecule has 0 spiro atoms. The first-order valence-electron chi connectivity index (χ1n) is 10.6. The van der Waals surface area contributed by atoms with Gasteiger partial charge in [0.25, 0.3) is 11.8 Å². The van der Waals surface area contributed by atoms with Crippen molar-refractivity contribution < 1.29 is 23.5 Å². The van der Waals surface area contributed by atoms with Gasteiger partial charge in [0.05, 0.1) is 0 Å². The van der Waals surface area contributed by atoms with Crippen LogP contribution in [0.1, 0.15) is 38.8 Å². The molecule has 1 atom stereocenters. The Morgan fingerprint density at radius 1 is 0.970 bits per heavy atom. The van der Waals surface area contributed by atoms with Gasteiger partial charge in [0.15, 0.2) is 11.4 Å². The normalized spacial score (nSPS) is 18.8. The molecule has 0 radical (unpaired) electrons. The van der Waals surface area contributed by atoms with Gasteiger partial charge in [-0.05, 0) is 49.4 Å². The van der Waals surface area contributed by atoms with Crippen LogP contribution < -0.4 is 4.74 Å². The molecule has 0 aliphatic carbocycles. The quantitative estimate of drug-likeness (QED) is 0.603. The summed E-state index contributed by atoms with van der Waals surface area (Å²) in [6, 6.07) is 19.8. The predicted octanol–water partition coefficient (Wildman–Crippen LogP) is 3.61. The Morgan fingerprint density at radius 3 is 2.36 bits per heavy atom. The number of ether oxygens (including phenoxy) is 1. The average Bonchev–Trinajstić information content (AvgIpc) is 3.34. The number of hydrogen-bond acceptors (Lipinski definition) is 4. The maximum atomic E-state index is 13.6. The van der Waals surface area contributed by atoms with Crippen LogP contribution in [0.25, 0.3) is 0 Å². The number of nitrogens with zero attached hydrogens (tertiary/aromatic N) is 2. The van der Waals surface area contributed by atoms with Gasteiger partial charge in [-0.1, -0.05) is 30.3 Å². The van der Waals surface area contributed by atoms with E-state index in [1.165, 1.54) is 31.2 Å². The summed E-state index contributed by atoms with van der Waals surface area (Å²) in [5.74, 6) is -0.433. The molecule has 2 heterocycles. The maximum absolute atomic E-state index is 13.6. The molecule has 2 amide bonds. The van der Waals surface area contributed by atoms with Crippen molar-refractivity contribution in [3.05, 3.63) is 101 Å². The van der Waals surface area contributed by atoms with Crippen molar-refractivity contribution in [2.45, 2.75) is 12.6 Å². The van der Waals surface area contributed by atoms with Crippen molar-refractivity contribution >= 4 is 17.6 Å². The molecule has 0 N–H and O–H groups in total. The molecule has 5 rings (SSSR count). The Morgan fingerprint density at radius 2 is 1.67 bits per heavy atom. The summed E-state index contributed by atoms with van der Waals surface area (Å²) in [4.78, 5) is 41.6. The van der Waals surface area contributed by atoms with Gasteiger partial charge in [-0.25, -0.2) is 4.39 Å². The van der Waals surface area contributed by atoms with E-state index < -0.39 is 11.5 Å². The molecule has 2 aliphatic heterocycles. The average molecular weight is 444 g/mol. The Bertz CT molecular complexity index is 1260. The van der Waals surface area contributed by atoms with Crippen molar-refractivity contribution in [3.63, 3.8) is 0 Å². The molecule has 1 saturated heterocycles. The lowest BCUT2D eigenvalue weighted by Gasteiger charge is -2.40. The monoisotopic (exact) mass is 444 g/mol. The first kappa shape index (κ1) is 20.9. The van der Waals surface area contributed by atoms with Crippen LogP contribution in [0, 0.1) is 5.82 Å². The summed E-state index contributed by atoms with van der Waals surface area (Å²) in [6.07, 6.45) is 0. The number of benzene rings is 3. The maximum Gasteiger partial charge on any atom is 0.256 e. The highest BCUT2D eigenvalue weighted by molar-refractivity contribution is 6.03. The van der Waals surface area contributed by atoms with Crippen LogP contribution in [-0.2, 0) is 10.5 Å².